The zero-order chi connectivity index (χ0) is 12.2. The molecule has 0 N–H and O–H groups in total. The van der Waals surface area contributed by atoms with Gasteiger partial charge in [-0.3, -0.25) is 4.79 Å². The van der Waals surface area contributed by atoms with Crippen LogP contribution in [0.2, 0.25) is 0 Å². The average molecular weight is 276 g/mol. The smallest absolute Gasteiger partial charge is 0.199 e. The predicted octanol–water partition coefficient (Wildman–Crippen LogP) is 3.75. The van der Waals surface area contributed by atoms with Gasteiger partial charge in [-0.15, -0.1) is 35.3 Å². The highest BCUT2D eigenvalue weighted by Gasteiger charge is 2.36. The highest BCUT2D eigenvalue weighted by molar-refractivity contribution is 8.34. The van der Waals surface area contributed by atoms with Gasteiger partial charge < -0.3 is 0 Å². The molecule has 1 aromatic rings. The Kier molecular flexibility index (Phi) is 5.21. The molecule has 0 aliphatic heterocycles. The first kappa shape index (κ1) is 13.9. The van der Waals surface area contributed by atoms with Gasteiger partial charge in [-0.2, -0.15) is 0 Å². The van der Waals surface area contributed by atoms with Crippen molar-refractivity contribution >= 4 is 41.1 Å². The van der Waals surface area contributed by atoms with Crippen molar-refractivity contribution in [3.63, 3.8) is 0 Å². The van der Waals surface area contributed by atoms with Crippen molar-refractivity contribution in [3.05, 3.63) is 35.6 Å². The molecule has 88 valence electrons. The molecule has 5 heteroatoms. The van der Waals surface area contributed by atoms with Gasteiger partial charge in [-0.25, -0.2) is 4.39 Å². The Morgan fingerprint density at radius 2 is 1.50 bits per heavy atom. The molecule has 1 nitrogen and oxygen atoms in total. The van der Waals surface area contributed by atoms with Crippen molar-refractivity contribution in [2.75, 3.05) is 18.8 Å². The molecule has 0 heterocycles. The first-order valence-corrected chi connectivity index (χ1v) is 8.23. The topological polar surface area (TPSA) is 17.1 Å². The van der Waals surface area contributed by atoms with E-state index in [0.29, 0.717) is 5.56 Å². The monoisotopic (exact) mass is 276 g/mol. The number of hydrogen-bond donors (Lipinski definition) is 0. The molecule has 1 aromatic carbocycles. The van der Waals surface area contributed by atoms with Gasteiger partial charge in [0.15, 0.2) is 9.19 Å². The van der Waals surface area contributed by atoms with Crippen LogP contribution in [0.25, 0.3) is 0 Å². The second-order valence-electron chi connectivity index (χ2n) is 3.00. The Morgan fingerprint density at radius 3 is 1.88 bits per heavy atom. The van der Waals surface area contributed by atoms with Crippen molar-refractivity contribution in [2.45, 2.75) is 3.41 Å². The Balaban J connectivity index is 3.04. The van der Waals surface area contributed by atoms with Gasteiger partial charge >= 0.3 is 0 Å². The lowest BCUT2D eigenvalue weighted by atomic mass is 10.1. The van der Waals surface area contributed by atoms with Crippen LogP contribution in [0.4, 0.5) is 4.39 Å². The van der Waals surface area contributed by atoms with Gasteiger partial charge in [0, 0.05) is 5.56 Å². The van der Waals surface area contributed by atoms with Gasteiger partial charge in [-0.1, -0.05) is 0 Å². The molecule has 0 spiro atoms. The summed E-state index contributed by atoms with van der Waals surface area (Å²) in [6.07, 6.45) is 5.73. The van der Waals surface area contributed by atoms with E-state index < -0.39 is 3.41 Å². The molecule has 0 unspecified atom stereocenters. The zero-order valence-electron chi connectivity index (χ0n) is 9.32. The van der Waals surface area contributed by atoms with Crippen LogP contribution in [0.3, 0.4) is 0 Å². The molecule has 0 aromatic heterocycles. The van der Waals surface area contributed by atoms with E-state index in [2.05, 4.69) is 0 Å². The quantitative estimate of drug-likeness (QED) is 0.601. The van der Waals surface area contributed by atoms with E-state index in [1.807, 2.05) is 18.8 Å². The highest BCUT2D eigenvalue weighted by atomic mass is 32.3. The van der Waals surface area contributed by atoms with Gasteiger partial charge in [0.1, 0.15) is 5.82 Å². The van der Waals surface area contributed by atoms with Gasteiger partial charge in [0.05, 0.1) is 0 Å². The number of Topliss-reactive ketones (excluding diaryl/α,β-unsaturated/α-hetero) is 1. The number of halogens is 1. The van der Waals surface area contributed by atoms with Crippen LogP contribution >= 0.6 is 35.3 Å². The van der Waals surface area contributed by atoms with E-state index in [9.17, 15) is 9.18 Å². The average Bonchev–Trinajstić information content (AvgIpc) is 2.33. The minimum atomic E-state index is -0.530. The number of carbonyl (C=O) groups excluding carboxylic acids is 1. The van der Waals surface area contributed by atoms with Gasteiger partial charge in [0.2, 0.25) is 0 Å². The molecule has 0 amide bonds. The van der Waals surface area contributed by atoms with E-state index in [-0.39, 0.29) is 11.6 Å². The number of hydrogen-bond acceptors (Lipinski definition) is 4. The first-order chi connectivity index (χ1) is 7.59. The number of carbonyl (C=O) groups is 1. The normalized spacial score (nSPS) is 11.5. The van der Waals surface area contributed by atoms with Crippen LogP contribution in [-0.4, -0.2) is 28.0 Å². The second-order valence-corrected chi connectivity index (χ2v) is 6.84. The van der Waals surface area contributed by atoms with Crippen LogP contribution in [0.5, 0.6) is 0 Å². The third kappa shape index (κ3) is 2.76. The van der Waals surface area contributed by atoms with E-state index >= 15 is 0 Å². The summed E-state index contributed by atoms with van der Waals surface area (Å²) in [4.78, 5) is 12.3. The number of ketones is 1. The first-order valence-electron chi connectivity index (χ1n) is 4.55. The fourth-order valence-corrected chi connectivity index (χ4v) is 4.22. The lowest BCUT2D eigenvalue weighted by Gasteiger charge is -2.26. The summed E-state index contributed by atoms with van der Waals surface area (Å²) >= 11 is 4.52. The molecule has 0 radical (unpaired) electrons. The van der Waals surface area contributed by atoms with Gasteiger partial charge in [-0.05, 0) is 43.0 Å². The fourth-order valence-electron chi connectivity index (χ4n) is 1.31. The summed E-state index contributed by atoms with van der Waals surface area (Å²) in [5.74, 6) is -0.292. The second kappa shape index (κ2) is 5.98. The zero-order valence-corrected chi connectivity index (χ0v) is 11.8. The van der Waals surface area contributed by atoms with Crippen LogP contribution in [0.1, 0.15) is 10.4 Å². The molecule has 0 fully saturated rings. The summed E-state index contributed by atoms with van der Waals surface area (Å²) in [6, 6.07) is 5.71. The van der Waals surface area contributed by atoms with E-state index in [0.717, 1.165) is 0 Å². The molecule has 16 heavy (non-hydrogen) atoms. The summed E-state index contributed by atoms with van der Waals surface area (Å²) < 4.78 is 12.2. The summed E-state index contributed by atoms with van der Waals surface area (Å²) in [7, 11) is 0. The lowest BCUT2D eigenvalue weighted by molar-refractivity contribution is 0.100. The maximum atomic E-state index is 12.8. The van der Waals surface area contributed by atoms with Crippen LogP contribution in [0.15, 0.2) is 24.3 Å². The molecule has 0 aliphatic rings. The maximum absolute atomic E-state index is 12.8. The number of benzene rings is 1. The van der Waals surface area contributed by atoms with Crippen LogP contribution < -0.4 is 0 Å². The van der Waals surface area contributed by atoms with Crippen molar-refractivity contribution in [1.82, 2.24) is 0 Å². The Labute approximate surface area is 108 Å². The standard InChI is InChI=1S/C11H13FOS3/c1-14-11(15-2,16-3)10(13)8-4-6-9(12)7-5-8/h4-7H,1-3H3. The minimum Gasteiger partial charge on any atom is -0.291 e. The van der Waals surface area contributed by atoms with Gasteiger partial charge in [0.25, 0.3) is 0 Å². The summed E-state index contributed by atoms with van der Waals surface area (Å²) in [5.41, 5.74) is 0.555. The number of rotatable bonds is 5. The van der Waals surface area contributed by atoms with Crippen molar-refractivity contribution in [2.24, 2.45) is 0 Å². The highest BCUT2D eigenvalue weighted by Crippen LogP contribution is 2.45. The van der Waals surface area contributed by atoms with E-state index in [1.54, 1.807) is 0 Å². The molecule has 0 saturated heterocycles. The van der Waals surface area contributed by atoms with Crippen molar-refractivity contribution in [1.29, 1.82) is 0 Å². The molecular formula is C11H13FOS3. The Hall–Kier alpha value is -0.130. The van der Waals surface area contributed by atoms with E-state index in [1.165, 1.54) is 59.6 Å². The SMILES string of the molecule is CSC(SC)(SC)C(=O)c1ccc(F)cc1. The molecule has 0 aliphatic carbocycles. The predicted molar refractivity (Wildman–Crippen MR) is 74.0 cm³/mol. The molecule has 1 rings (SSSR count). The lowest BCUT2D eigenvalue weighted by Crippen LogP contribution is -2.27. The summed E-state index contributed by atoms with van der Waals surface area (Å²) in [6.45, 7) is 0. The minimum absolute atomic E-state index is 0.0278. The van der Waals surface area contributed by atoms with Crippen molar-refractivity contribution in [3.8, 4) is 0 Å². The molecule has 0 bridgehead atoms. The molecular weight excluding hydrogens is 263 g/mol. The Morgan fingerprint density at radius 1 is 1.06 bits per heavy atom. The number of thioether (sulfide) groups is 3. The third-order valence-corrected chi connectivity index (χ3v) is 7.36. The summed E-state index contributed by atoms with van der Waals surface area (Å²) in [5, 5.41) is 0. The van der Waals surface area contributed by atoms with Crippen LogP contribution in [0, 0.1) is 5.82 Å². The van der Waals surface area contributed by atoms with Crippen molar-refractivity contribution < 1.29 is 9.18 Å². The van der Waals surface area contributed by atoms with E-state index in [4.69, 9.17) is 0 Å². The largest absolute Gasteiger partial charge is 0.291 e. The third-order valence-electron chi connectivity index (χ3n) is 2.19. The fraction of sp³-hybridized carbons (Fsp3) is 0.364. The Bertz CT molecular complexity index is 352. The van der Waals surface area contributed by atoms with Crippen LogP contribution in [-0.2, 0) is 0 Å². The molecule has 0 atom stereocenters. The maximum Gasteiger partial charge on any atom is 0.199 e. The molecule has 0 saturated carbocycles.